The van der Waals surface area contributed by atoms with Crippen LogP contribution in [0.2, 0.25) is 0 Å². The van der Waals surface area contributed by atoms with Gasteiger partial charge in [0.1, 0.15) is 11.2 Å². The van der Waals surface area contributed by atoms with Gasteiger partial charge < -0.3 is 9.32 Å². The van der Waals surface area contributed by atoms with E-state index in [1.807, 2.05) is 11.8 Å². The average molecular weight is 698 g/mol. The molecule has 52 heavy (non-hydrogen) atoms. The molecule has 1 spiro atoms. The van der Waals surface area contributed by atoms with Gasteiger partial charge in [-0.15, -0.1) is 0 Å². The fraction of sp³-hybridized carbons (Fsp3) is 0. The number of fused-ring (bicyclic) bond motifs is 12. The lowest BCUT2D eigenvalue weighted by molar-refractivity contribution is 0.669. The maximum atomic E-state index is 6.64. The molecule has 0 unspecified atom stereocenters. The first kappa shape index (κ1) is 29.6. The highest BCUT2D eigenvalue weighted by Gasteiger charge is 2.52. The van der Waals surface area contributed by atoms with E-state index in [1.165, 1.54) is 47.2 Å². The largest absolute Gasteiger partial charge is 0.456 e. The van der Waals surface area contributed by atoms with Crippen molar-refractivity contribution in [3.8, 4) is 22.3 Å². The summed E-state index contributed by atoms with van der Waals surface area (Å²) in [5, 5.41) is 8.13. The van der Waals surface area contributed by atoms with E-state index in [-0.39, 0.29) is 0 Å². The van der Waals surface area contributed by atoms with Gasteiger partial charge in [0, 0.05) is 43.7 Å². The summed E-state index contributed by atoms with van der Waals surface area (Å²) >= 11 is 1.91. The first-order valence-electron chi connectivity index (χ1n) is 17.8. The van der Waals surface area contributed by atoms with Gasteiger partial charge in [0.25, 0.3) is 0 Å². The molecule has 0 fully saturated rings. The molecule has 0 aliphatic carbocycles. The number of rotatable bonds is 4. The molecule has 244 valence electrons. The van der Waals surface area contributed by atoms with Crippen LogP contribution in [0.4, 0.5) is 17.1 Å². The molecule has 0 saturated heterocycles. The van der Waals surface area contributed by atoms with E-state index in [0.717, 1.165) is 44.6 Å². The molecule has 0 radical (unpaired) electrons. The van der Waals surface area contributed by atoms with E-state index in [9.17, 15) is 0 Å². The summed E-state index contributed by atoms with van der Waals surface area (Å²) in [6.45, 7) is 0. The Kier molecular flexibility index (Phi) is 6.54. The number of hydrogen-bond donors (Lipinski definition) is 0. The molecule has 9 aromatic rings. The van der Waals surface area contributed by atoms with Gasteiger partial charge >= 0.3 is 0 Å². The third-order valence-electron chi connectivity index (χ3n) is 10.9. The monoisotopic (exact) mass is 697 g/mol. The van der Waals surface area contributed by atoms with Gasteiger partial charge in [-0.05, 0) is 104 Å². The molecule has 0 N–H and O–H groups in total. The predicted octanol–water partition coefficient (Wildman–Crippen LogP) is 10.5. The SMILES string of the molecule is c1ccc(-c2ccc3c(c2)oc2cc(N(c4ccccc4)c4ccc5c(c4)[Si]4(c6ccccc6S5)c5ccccc5-c5ccccc54)ccc23)cc1. The minimum absolute atomic E-state index is 0.880. The van der Waals surface area contributed by atoms with Gasteiger partial charge in [-0.3, -0.25) is 0 Å². The molecule has 11 rings (SSSR count). The maximum Gasteiger partial charge on any atom is 0.183 e. The Bertz CT molecular complexity index is 2800. The number of benzene rings is 8. The second-order valence-electron chi connectivity index (χ2n) is 13.7. The van der Waals surface area contributed by atoms with E-state index in [1.54, 1.807) is 0 Å². The Morgan fingerprint density at radius 3 is 1.69 bits per heavy atom. The van der Waals surface area contributed by atoms with Crippen molar-refractivity contribution in [3.05, 3.63) is 188 Å². The van der Waals surface area contributed by atoms with Crippen LogP contribution in [-0.2, 0) is 0 Å². The highest BCUT2D eigenvalue weighted by Crippen LogP contribution is 2.42. The van der Waals surface area contributed by atoms with Crippen LogP contribution in [0.5, 0.6) is 0 Å². The minimum Gasteiger partial charge on any atom is -0.456 e. The molecule has 3 heterocycles. The van der Waals surface area contributed by atoms with Crippen molar-refractivity contribution in [1.29, 1.82) is 0 Å². The fourth-order valence-corrected chi connectivity index (χ4v) is 16.1. The lowest BCUT2D eigenvalue weighted by Gasteiger charge is -2.38. The summed E-state index contributed by atoms with van der Waals surface area (Å²) in [7, 11) is -2.65. The van der Waals surface area contributed by atoms with Crippen LogP contribution in [0.25, 0.3) is 44.2 Å². The quantitative estimate of drug-likeness (QED) is 0.170. The van der Waals surface area contributed by atoms with Gasteiger partial charge in [0.15, 0.2) is 8.07 Å². The van der Waals surface area contributed by atoms with Crippen LogP contribution >= 0.6 is 11.8 Å². The average Bonchev–Trinajstić information content (AvgIpc) is 3.72. The van der Waals surface area contributed by atoms with Crippen LogP contribution in [0, 0.1) is 0 Å². The van der Waals surface area contributed by atoms with E-state index in [2.05, 4.69) is 193 Å². The molecule has 2 aliphatic heterocycles. The molecule has 0 bridgehead atoms. The second-order valence-corrected chi connectivity index (χ2v) is 18.4. The smallest absolute Gasteiger partial charge is 0.183 e. The Balaban J connectivity index is 1.12. The zero-order valence-electron chi connectivity index (χ0n) is 28.2. The lowest BCUT2D eigenvalue weighted by Crippen LogP contribution is -2.74. The Morgan fingerprint density at radius 2 is 0.942 bits per heavy atom. The summed E-state index contributed by atoms with van der Waals surface area (Å²) in [5.74, 6) is 0. The summed E-state index contributed by atoms with van der Waals surface area (Å²) in [5.41, 5.74) is 10.2. The molecular weight excluding hydrogens is 667 g/mol. The normalized spacial score (nSPS) is 13.5. The maximum absolute atomic E-state index is 6.64. The van der Waals surface area contributed by atoms with E-state index < -0.39 is 8.07 Å². The standard InChI is InChI=1S/C48H31NOSSi/c1-3-13-32(14-4-1)33-23-26-37-38-27-24-35(30-42(38)50-41(37)29-33)49(34-15-5-2-6-16-34)36-25-28-44-48(31-36)52(47-22-12-9-19-43(47)51-44)45-20-10-7-17-39(45)40-18-8-11-21-46(40)52/h1-31H. The third kappa shape index (κ3) is 4.25. The molecule has 0 amide bonds. The highest BCUT2D eigenvalue weighted by molar-refractivity contribution is 8.00. The third-order valence-corrected chi connectivity index (χ3v) is 17.4. The van der Waals surface area contributed by atoms with Crippen LogP contribution in [0.1, 0.15) is 0 Å². The lowest BCUT2D eigenvalue weighted by atomic mass is 10.0. The van der Waals surface area contributed by atoms with E-state index >= 15 is 0 Å². The Hall–Kier alpha value is -6.07. The molecule has 0 saturated carbocycles. The fourth-order valence-electron chi connectivity index (χ4n) is 8.72. The van der Waals surface area contributed by atoms with Crippen LogP contribution in [-0.4, -0.2) is 8.07 Å². The topological polar surface area (TPSA) is 16.4 Å². The van der Waals surface area contributed by atoms with Crippen molar-refractivity contribution in [1.82, 2.24) is 0 Å². The minimum atomic E-state index is -2.65. The molecule has 2 aliphatic rings. The van der Waals surface area contributed by atoms with Gasteiger partial charge in [-0.25, -0.2) is 0 Å². The summed E-state index contributed by atoms with van der Waals surface area (Å²) in [4.78, 5) is 5.10. The van der Waals surface area contributed by atoms with Crippen molar-refractivity contribution in [2.75, 3.05) is 4.90 Å². The van der Waals surface area contributed by atoms with Gasteiger partial charge in [0.2, 0.25) is 0 Å². The molecule has 0 atom stereocenters. The highest BCUT2D eigenvalue weighted by atomic mass is 32.2. The van der Waals surface area contributed by atoms with Crippen LogP contribution in [0.15, 0.2) is 202 Å². The van der Waals surface area contributed by atoms with Crippen molar-refractivity contribution in [2.24, 2.45) is 0 Å². The van der Waals surface area contributed by atoms with Crippen molar-refractivity contribution in [2.45, 2.75) is 9.79 Å². The molecule has 1 aromatic heterocycles. The van der Waals surface area contributed by atoms with E-state index in [4.69, 9.17) is 4.42 Å². The Morgan fingerprint density at radius 1 is 0.385 bits per heavy atom. The number of furan rings is 1. The number of hydrogen-bond acceptors (Lipinski definition) is 3. The number of nitrogens with zero attached hydrogens (tertiary/aromatic N) is 1. The first-order valence-corrected chi connectivity index (χ1v) is 20.6. The van der Waals surface area contributed by atoms with Gasteiger partial charge in [-0.2, -0.15) is 0 Å². The van der Waals surface area contributed by atoms with Crippen molar-refractivity contribution in [3.63, 3.8) is 0 Å². The molecule has 8 aromatic carbocycles. The zero-order chi connectivity index (χ0) is 34.2. The molecule has 2 nitrogen and oxygen atoms in total. The van der Waals surface area contributed by atoms with Crippen molar-refractivity contribution < 1.29 is 4.42 Å². The number of anilines is 3. The Labute approximate surface area is 307 Å². The van der Waals surface area contributed by atoms with Gasteiger partial charge in [0.05, 0.1) is 0 Å². The molecular formula is C48H31NOSSi. The second kappa shape index (κ2) is 11.5. The summed E-state index contributed by atoms with van der Waals surface area (Å²) in [6.07, 6.45) is 0. The number of para-hydroxylation sites is 1. The zero-order valence-corrected chi connectivity index (χ0v) is 30.0. The van der Waals surface area contributed by atoms with Crippen LogP contribution in [0.3, 0.4) is 0 Å². The molecule has 4 heteroatoms. The first-order chi connectivity index (χ1) is 25.8. The summed E-state index contributed by atoms with van der Waals surface area (Å²) < 4.78 is 6.64. The van der Waals surface area contributed by atoms with Gasteiger partial charge in [-0.1, -0.05) is 133 Å². The van der Waals surface area contributed by atoms with Crippen molar-refractivity contribution >= 4 is 79.6 Å². The predicted molar refractivity (Wildman–Crippen MR) is 221 cm³/mol. The van der Waals surface area contributed by atoms with E-state index in [0.29, 0.717) is 0 Å². The summed E-state index contributed by atoms with van der Waals surface area (Å²) in [6, 6.07) is 69.1. The van der Waals surface area contributed by atoms with Crippen LogP contribution < -0.4 is 25.6 Å².